The average Bonchev–Trinajstić information content (AvgIpc) is 2.72. The summed E-state index contributed by atoms with van der Waals surface area (Å²) in [5.41, 5.74) is 2.91. The molecule has 2 aromatic rings. The minimum Gasteiger partial charge on any atom is -0.385 e. The molecule has 2 rings (SSSR count). The Hall–Kier alpha value is -2.86. The summed E-state index contributed by atoms with van der Waals surface area (Å²) in [5, 5.41) is 5.88. The third-order valence-electron chi connectivity index (χ3n) is 4.73. The first kappa shape index (κ1) is 22.4. The number of anilines is 2. The summed E-state index contributed by atoms with van der Waals surface area (Å²) in [7, 11) is 5.41. The van der Waals surface area contributed by atoms with Crippen molar-refractivity contribution in [2.24, 2.45) is 0 Å². The number of methoxy groups -OCH3 is 1. The fraction of sp³-hybridized carbons (Fsp3) is 0.391. The summed E-state index contributed by atoms with van der Waals surface area (Å²) in [6, 6.07) is 15.1. The molecule has 0 heterocycles. The molecule has 2 aromatic carbocycles. The van der Waals surface area contributed by atoms with Gasteiger partial charge in [-0.15, -0.1) is 0 Å². The molecule has 0 saturated carbocycles. The fourth-order valence-corrected chi connectivity index (χ4v) is 3.19. The number of carbonyl (C=O) groups is 2. The van der Waals surface area contributed by atoms with Crippen LogP contribution in [0, 0.1) is 0 Å². The first-order valence-corrected chi connectivity index (χ1v) is 9.92. The van der Waals surface area contributed by atoms with Crippen LogP contribution in [0.1, 0.15) is 41.6 Å². The van der Waals surface area contributed by atoms with E-state index in [1.165, 1.54) is 0 Å². The maximum Gasteiger partial charge on any atom is 0.253 e. The molecule has 0 spiro atoms. The molecule has 156 valence electrons. The van der Waals surface area contributed by atoms with E-state index < -0.39 is 0 Å². The second kappa shape index (κ2) is 11.2. The number of ether oxygens (including phenoxy) is 1. The quantitative estimate of drug-likeness (QED) is 0.601. The van der Waals surface area contributed by atoms with Crippen molar-refractivity contribution in [1.29, 1.82) is 0 Å². The normalized spacial score (nSPS) is 11.6. The average molecular weight is 398 g/mol. The molecule has 0 saturated heterocycles. The largest absolute Gasteiger partial charge is 0.385 e. The van der Waals surface area contributed by atoms with Gasteiger partial charge in [0.05, 0.1) is 11.5 Å². The molecule has 0 aliphatic heterocycles. The third-order valence-corrected chi connectivity index (χ3v) is 4.73. The second-order valence-corrected chi connectivity index (χ2v) is 7.09. The molecule has 0 aromatic heterocycles. The molecule has 0 radical (unpaired) electrons. The van der Waals surface area contributed by atoms with E-state index in [4.69, 9.17) is 4.74 Å². The Morgan fingerprint density at radius 3 is 2.45 bits per heavy atom. The monoisotopic (exact) mass is 397 g/mol. The standard InChI is InChI=1S/C23H31N3O3/c1-5-19(17-10-7-6-8-11-17)23(28)25-18-12-13-21(26(2)3)20(16-18)22(27)24-14-9-15-29-4/h6-8,10-13,16,19H,5,9,14-15H2,1-4H3,(H,24,27)(H,25,28)/t19-/m1/s1. The van der Waals surface area contributed by atoms with E-state index in [1.54, 1.807) is 13.2 Å². The number of rotatable bonds is 10. The zero-order valence-corrected chi connectivity index (χ0v) is 17.7. The molecular formula is C23H31N3O3. The van der Waals surface area contributed by atoms with Gasteiger partial charge in [-0.2, -0.15) is 0 Å². The van der Waals surface area contributed by atoms with Gasteiger partial charge >= 0.3 is 0 Å². The van der Waals surface area contributed by atoms with Crippen LogP contribution < -0.4 is 15.5 Å². The SMILES string of the molecule is CC[C@@H](C(=O)Nc1ccc(N(C)C)c(C(=O)NCCCOC)c1)c1ccccc1. The van der Waals surface area contributed by atoms with Crippen molar-refractivity contribution in [2.75, 3.05) is 44.6 Å². The summed E-state index contributed by atoms with van der Waals surface area (Å²) in [5.74, 6) is -0.491. The van der Waals surface area contributed by atoms with Gasteiger partial charge in [-0.05, 0) is 36.6 Å². The number of nitrogens with zero attached hydrogens (tertiary/aromatic N) is 1. The van der Waals surface area contributed by atoms with Crippen LogP contribution in [0.25, 0.3) is 0 Å². The maximum absolute atomic E-state index is 12.9. The van der Waals surface area contributed by atoms with Gasteiger partial charge in [0.15, 0.2) is 0 Å². The molecule has 0 aliphatic carbocycles. The molecule has 6 nitrogen and oxygen atoms in total. The van der Waals surface area contributed by atoms with Crippen molar-refractivity contribution in [3.63, 3.8) is 0 Å². The van der Waals surface area contributed by atoms with Gasteiger partial charge in [-0.3, -0.25) is 9.59 Å². The highest BCUT2D eigenvalue weighted by atomic mass is 16.5. The first-order chi connectivity index (χ1) is 14.0. The Balaban J connectivity index is 2.18. The predicted octanol–water partition coefficient (Wildman–Crippen LogP) is 3.65. The smallest absolute Gasteiger partial charge is 0.253 e. The second-order valence-electron chi connectivity index (χ2n) is 7.09. The molecule has 1 atom stereocenters. The lowest BCUT2D eigenvalue weighted by Crippen LogP contribution is -2.27. The Kier molecular flexibility index (Phi) is 8.68. The van der Waals surface area contributed by atoms with Crippen molar-refractivity contribution in [2.45, 2.75) is 25.7 Å². The van der Waals surface area contributed by atoms with E-state index >= 15 is 0 Å². The van der Waals surface area contributed by atoms with Gasteiger partial charge in [0.1, 0.15) is 0 Å². The number of carbonyl (C=O) groups excluding carboxylic acids is 2. The van der Waals surface area contributed by atoms with Crippen molar-refractivity contribution in [3.05, 3.63) is 59.7 Å². The maximum atomic E-state index is 12.9. The predicted molar refractivity (Wildman–Crippen MR) is 118 cm³/mol. The van der Waals surface area contributed by atoms with Crippen molar-refractivity contribution in [3.8, 4) is 0 Å². The lowest BCUT2D eigenvalue weighted by atomic mass is 9.95. The summed E-state index contributed by atoms with van der Waals surface area (Å²) < 4.78 is 5.02. The summed E-state index contributed by atoms with van der Waals surface area (Å²) in [4.78, 5) is 27.4. The van der Waals surface area contributed by atoms with E-state index in [9.17, 15) is 9.59 Å². The summed E-state index contributed by atoms with van der Waals surface area (Å²) in [6.07, 6.45) is 1.43. The topological polar surface area (TPSA) is 70.7 Å². The van der Waals surface area contributed by atoms with Crippen molar-refractivity contribution in [1.82, 2.24) is 5.32 Å². The summed E-state index contributed by atoms with van der Waals surface area (Å²) in [6.45, 7) is 3.11. The van der Waals surface area contributed by atoms with Crippen LogP contribution in [-0.4, -0.2) is 46.2 Å². The van der Waals surface area contributed by atoms with Gasteiger partial charge in [-0.25, -0.2) is 0 Å². The highest BCUT2D eigenvalue weighted by molar-refractivity contribution is 6.02. The van der Waals surface area contributed by atoms with Crippen LogP contribution in [0.2, 0.25) is 0 Å². The van der Waals surface area contributed by atoms with Crippen molar-refractivity contribution < 1.29 is 14.3 Å². The van der Waals surface area contributed by atoms with Crippen LogP contribution in [0.4, 0.5) is 11.4 Å². The fourth-order valence-electron chi connectivity index (χ4n) is 3.19. The van der Waals surface area contributed by atoms with Crippen LogP contribution >= 0.6 is 0 Å². The lowest BCUT2D eigenvalue weighted by Gasteiger charge is -2.20. The van der Waals surface area contributed by atoms with E-state index in [0.29, 0.717) is 30.8 Å². The van der Waals surface area contributed by atoms with E-state index in [2.05, 4.69) is 10.6 Å². The van der Waals surface area contributed by atoms with Gasteiger partial charge in [0.2, 0.25) is 5.91 Å². The van der Waals surface area contributed by atoms with E-state index in [0.717, 1.165) is 17.7 Å². The molecule has 2 amide bonds. The van der Waals surface area contributed by atoms with E-state index in [-0.39, 0.29) is 17.7 Å². The number of hydrogen-bond donors (Lipinski definition) is 2. The van der Waals surface area contributed by atoms with Gasteiger partial charge in [-0.1, -0.05) is 37.3 Å². The minimum atomic E-state index is -0.240. The number of amides is 2. The van der Waals surface area contributed by atoms with Crippen LogP contribution in [-0.2, 0) is 9.53 Å². The minimum absolute atomic E-state index is 0.0808. The highest BCUT2D eigenvalue weighted by Crippen LogP contribution is 2.25. The third kappa shape index (κ3) is 6.32. The van der Waals surface area contributed by atoms with Crippen LogP contribution in [0.15, 0.2) is 48.5 Å². The Morgan fingerprint density at radius 2 is 1.83 bits per heavy atom. The zero-order chi connectivity index (χ0) is 21.2. The molecule has 0 unspecified atom stereocenters. The Labute approximate surface area is 173 Å². The highest BCUT2D eigenvalue weighted by Gasteiger charge is 2.20. The zero-order valence-electron chi connectivity index (χ0n) is 17.7. The van der Waals surface area contributed by atoms with Crippen molar-refractivity contribution >= 4 is 23.2 Å². The number of hydrogen-bond acceptors (Lipinski definition) is 4. The first-order valence-electron chi connectivity index (χ1n) is 9.92. The van der Waals surface area contributed by atoms with Gasteiger partial charge in [0, 0.05) is 45.7 Å². The Morgan fingerprint density at radius 1 is 1.10 bits per heavy atom. The molecular weight excluding hydrogens is 366 g/mol. The van der Waals surface area contributed by atoms with Gasteiger partial charge in [0.25, 0.3) is 5.91 Å². The number of nitrogens with one attached hydrogen (secondary N) is 2. The summed E-state index contributed by atoms with van der Waals surface area (Å²) >= 11 is 0. The number of benzene rings is 2. The molecule has 6 heteroatoms. The molecule has 0 bridgehead atoms. The molecule has 2 N–H and O–H groups in total. The van der Waals surface area contributed by atoms with Crippen LogP contribution in [0.3, 0.4) is 0 Å². The molecule has 29 heavy (non-hydrogen) atoms. The van der Waals surface area contributed by atoms with Gasteiger partial charge < -0.3 is 20.3 Å². The molecule has 0 fully saturated rings. The Bertz CT molecular complexity index is 806. The van der Waals surface area contributed by atoms with E-state index in [1.807, 2.05) is 68.4 Å². The molecule has 0 aliphatic rings. The lowest BCUT2D eigenvalue weighted by molar-refractivity contribution is -0.117. The van der Waals surface area contributed by atoms with Crippen LogP contribution in [0.5, 0.6) is 0 Å².